The first-order valence-corrected chi connectivity index (χ1v) is 6.91. The van der Waals surface area contributed by atoms with E-state index in [4.69, 9.17) is 14.6 Å². The molecule has 1 heterocycles. The minimum absolute atomic E-state index is 0.125. The smallest absolute Gasteiger partial charge is 0.311 e. The van der Waals surface area contributed by atoms with E-state index >= 15 is 0 Å². The lowest BCUT2D eigenvalue weighted by Crippen LogP contribution is -2.44. The lowest BCUT2D eigenvalue weighted by atomic mass is 10.0. The molecule has 1 aliphatic rings. The SMILES string of the molecule is CCc1cccc(OCC(=O)NC2COCC2C(=O)O)c1. The largest absolute Gasteiger partial charge is 0.484 e. The van der Waals surface area contributed by atoms with Crippen molar-refractivity contribution >= 4 is 11.9 Å². The van der Waals surface area contributed by atoms with Gasteiger partial charge in [0.1, 0.15) is 11.7 Å². The molecule has 0 spiro atoms. The topological polar surface area (TPSA) is 84.9 Å². The Labute approximate surface area is 123 Å². The number of aryl methyl sites for hydroxylation is 1. The predicted molar refractivity (Wildman–Crippen MR) is 75.2 cm³/mol. The quantitative estimate of drug-likeness (QED) is 0.812. The fraction of sp³-hybridized carbons (Fsp3) is 0.467. The molecule has 1 amide bonds. The molecule has 6 heteroatoms. The number of hydrogen-bond donors (Lipinski definition) is 2. The van der Waals surface area contributed by atoms with Crippen molar-refractivity contribution < 1.29 is 24.2 Å². The molecule has 0 aliphatic carbocycles. The summed E-state index contributed by atoms with van der Waals surface area (Å²) in [7, 11) is 0. The third-order valence-corrected chi connectivity index (χ3v) is 3.42. The standard InChI is InChI=1S/C15H19NO5/c1-2-10-4-3-5-11(6-10)21-9-14(17)16-13-8-20-7-12(13)15(18)19/h3-6,12-13H,2,7-9H2,1H3,(H,16,17)(H,18,19). The van der Waals surface area contributed by atoms with Crippen LogP contribution in [0.2, 0.25) is 0 Å². The molecular formula is C15H19NO5. The summed E-state index contributed by atoms with van der Waals surface area (Å²) in [6.45, 7) is 2.24. The van der Waals surface area contributed by atoms with Gasteiger partial charge in [0, 0.05) is 0 Å². The van der Waals surface area contributed by atoms with E-state index in [9.17, 15) is 9.59 Å². The molecule has 1 aliphatic heterocycles. The fourth-order valence-corrected chi connectivity index (χ4v) is 2.19. The van der Waals surface area contributed by atoms with Crippen molar-refractivity contribution in [3.05, 3.63) is 29.8 Å². The zero-order chi connectivity index (χ0) is 15.2. The summed E-state index contributed by atoms with van der Waals surface area (Å²) < 4.78 is 10.5. The first-order chi connectivity index (χ1) is 10.1. The Hall–Kier alpha value is -2.08. The number of amides is 1. The second-order valence-corrected chi connectivity index (χ2v) is 4.95. The Balaban J connectivity index is 1.83. The highest BCUT2D eigenvalue weighted by Gasteiger charge is 2.35. The zero-order valence-electron chi connectivity index (χ0n) is 11.9. The average molecular weight is 293 g/mol. The Morgan fingerprint density at radius 3 is 2.95 bits per heavy atom. The first kappa shape index (κ1) is 15.3. The minimum Gasteiger partial charge on any atom is -0.484 e. The van der Waals surface area contributed by atoms with Gasteiger partial charge >= 0.3 is 5.97 Å². The molecular weight excluding hydrogens is 274 g/mol. The van der Waals surface area contributed by atoms with E-state index < -0.39 is 17.9 Å². The maximum absolute atomic E-state index is 11.8. The molecule has 2 rings (SSSR count). The van der Waals surface area contributed by atoms with Crippen molar-refractivity contribution in [3.63, 3.8) is 0 Å². The molecule has 1 aromatic carbocycles. The highest BCUT2D eigenvalue weighted by molar-refractivity contribution is 5.79. The lowest BCUT2D eigenvalue weighted by Gasteiger charge is -2.16. The predicted octanol–water partition coefficient (Wildman–Crippen LogP) is 0.844. The van der Waals surface area contributed by atoms with Crippen molar-refractivity contribution in [2.24, 2.45) is 5.92 Å². The molecule has 6 nitrogen and oxygen atoms in total. The molecule has 2 N–H and O–H groups in total. The maximum Gasteiger partial charge on any atom is 0.311 e. The molecule has 114 valence electrons. The Morgan fingerprint density at radius 1 is 1.43 bits per heavy atom. The highest BCUT2D eigenvalue weighted by atomic mass is 16.5. The van der Waals surface area contributed by atoms with Crippen LogP contribution in [0.3, 0.4) is 0 Å². The molecule has 0 aromatic heterocycles. The Kier molecular flexibility index (Phi) is 5.16. The van der Waals surface area contributed by atoms with E-state index in [-0.39, 0.29) is 25.7 Å². The van der Waals surface area contributed by atoms with E-state index in [1.54, 1.807) is 6.07 Å². The van der Waals surface area contributed by atoms with Crippen LogP contribution in [0, 0.1) is 5.92 Å². The van der Waals surface area contributed by atoms with E-state index in [0.29, 0.717) is 5.75 Å². The number of hydrogen-bond acceptors (Lipinski definition) is 4. The number of carbonyl (C=O) groups excluding carboxylic acids is 1. The number of carboxylic acid groups (broad SMARTS) is 1. The van der Waals surface area contributed by atoms with Gasteiger partial charge in [0.05, 0.1) is 19.3 Å². The summed E-state index contributed by atoms with van der Waals surface area (Å²) in [5, 5.41) is 11.6. The van der Waals surface area contributed by atoms with Crippen LogP contribution in [0.1, 0.15) is 12.5 Å². The maximum atomic E-state index is 11.8. The van der Waals surface area contributed by atoms with Crippen LogP contribution in [0.25, 0.3) is 0 Å². The molecule has 0 bridgehead atoms. The molecule has 0 radical (unpaired) electrons. The van der Waals surface area contributed by atoms with Gasteiger partial charge in [-0.25, -0.2) is 0 Å². The average Bonchev–Trinajstić information content (AvgIpc) is 2.93. The summed E-state index contributed by atoms with van der Waals surface area (Å²) in [4.78, 5) is 22.8. The molecule has 21 heavy (non-hydrogen) atoms. The number of carbonyl (C=O) groups is 2. The van der Waals surface area contributed by atoms with Gasteiger partial charge in [-0.2, -0.15) is 0 Å². The van der Waals surface area contributed by atoms with Crippen molar-refractivity contribution in [2.45, 2.75) is 19.4 Å². The highest BCUT2D eigenvalue weighted by Crippen LogP contribution is 2.15. The summed E-state index contributed by atoms with van der Waals surface area (Å²) >= 11 is 0. The molecule has 1 aromatic rings. The van der Waals surface area contributed by atoms with Gasteiger partial charge in [0.15, 0.2) is 6.61 Å². The normalized spacial score (nSPS) is 21.0. The van der Waals surface area contributed by atoms with Crippen LogP contribution in [0.5, 0.6) is 5.75 Å². The van der Waals surface area contributed by atoms with Crippen molar-refractivity contribution in [1.82, 2.24) is 5.32 Å². The van der Waals surface area contributed by atoms with Crippen molar-refractivity contribution in [3.8, 4) is 5.75 Å². The molecule has 1 fully saturated rings. The van der Waals surface area contributed by atoms with Gasteiger partial charge in [0.2, 0.25) is 0 Å². The van der Waals surface area contributed by atoms with E-state index in [2.05, 4.69) is 5.32 Å². The third kappa shape index (κ3) is 4.19. The Bertz CT molecular complexity index is 517. The lowest BCUT2D eigenvalue weighted by molar-refractivity contribution is -0.142. The Morgan fingerprint density at radius 2 is 2.24 bits per heavy atom. The van der Waals surface area contributed by atoms with Gasteiger partial charge < -0.3 is 19.9 Å². The number of nitrogens with one attached hydrogen (secondary N) is 1. The van der Waals surface area contributed by atoms with Crippen LogP contribution in [-0.2, 0) is 20.7 Å². The number of benzene rings is 1. The number of aliphatic carboxylic acids is 1. The van der Waals surface area contributed by atoms with Crippen molar-refractivity contribution in [1.29, 1.82) is 0 Å². The van der Waals surface area contributed by atoms with E-state index in [1.165, 1.54) is 0 Å². The minimum atomic E-state index is -0.964. The summed E-state index contributed by atoms with van der Waals surface area (Å²) in [5.41, 5.74) is 1.13. The number of carboxylic acids is 1. The second-order valence-electron chi connectivity index (χ2n) is 4.95. The molecule has 0 saturated carbocycles. The van der Waals surface area contributed by atoms with Crippen LogP contribution in [0.4, 0.5) is 0 Å². The molecule has 2 unspecified atom stereocenters. The fourth-order valence-electron chi connectivity index (χ4n) is 2.19. The molecule has 2 atom stereocenters. The van der Waals surface area contributed by atoms with E-state index in [1.807, 2.05) is 25.1 Å². The van der Waals surface area contributed by atoms with Gasteiger partial charge in [-0.3, -0.25) is 9.59 Å². The van der Waals surface area contributed by atoms with Crippen molar-refractivity contribution in [2.75, 3.05) is 19.8 Å². The van der Waals surface area contributed by atoms with E-state index in [0.717, 1.165) is 12.0 Å². The van der Waals surface area contributed by atoms with Gasteiger partial charge in [0.25, 0.3) is 5.91 Å². The van der Waals surface area contributed by atoms with Crippen LogP contribution < -0.4 is 10.1 Å². The van der Waals surface area contributed by atoms with Gasteiger partial charge in [-0.05, 0) is 24.1 Å². The third-order valence-electron chi connectivity index (χ3n) is 3.42. The summed E-state index contributed by atoms with van der Waals surface area (Å²) in [6.07, 6.45) is 0.892. The van der Waals surface area contributed by atoms with Gasteiger partial charge in [-0.1, -0.05) is 19.1 Å². The number of ether oxygens (including phenoxy) is 2. The monoisotopic (exact) mass is 293 g/mol. The number of rotatable bonds is 6. The van der Waals surface area contributed by atoms with Crippen LogP contribution in [0.15, 0.2) is 24.3 Å². The first-order valence-electron chi connectivity index (χ1n) is 6.91. The van der Waals surface area contributed by atoms with Crippen LogP contribution >= 0.6 is 0 Å². The summed E-state index contributed by atoms with van der Waals surface area (Å²) in [5.74, 6) is -1.38. The summed E-state index contributed by atoms with van der Waals surface area (Å²) in [6, 6.07) is 7.02. The second kappa shape index (κ2) is 7.08. The zero-order valence-corrected chi connectivity index (χ0v) is 11.9. The van der Waals surface area contributed by atoms with Gasteiger partial charge in [-0.15, -0.1) is 0 Å². The molecule has 1 saturated heterocycles. The van der Waals surface area contributed by atoms with Crippen LogP contribution in [-0.4, -0.2) is 42.8 Å².